The molecule has 21 heteroatoms. The van der Waals surface area contributed by atoms with Crippen LogP contribution in [0.5, 0.6) is 0 Å². The predicted octanol–water partition coefficient (Wildman–Crippen LogP) is 4.79. The highest BCUT2D eigenvalue weighted by Crippen LogP contribution is 2.42. The Morgan fingerprint density at radius 1 is 0.870 bits per heavy atom. The predicted molar refractivity (Wildman–Crippen MR) is 259 cm³/mol. The minimum absolute atomic E-state index is 0.00342. The summed E-state index contributed by atoms with van der Waals surface area (Å²) in [6, 6.07) is 20.2. The van der Waals surface area contributed by atoms with E-state index in [4.69, 9.17) is 10.2 Å². The number of nitrogens with one attached hydrogen (secondary N) is 6. The van der Waals surface area contributed by atoms with E-state index >= 15 is 0 Å². The van der Waals surface area contributed by atoms with Crippen molar-refractivity contribution in [2.24, 2.45) is 4.99 Å². The number of H-pyrrole nitrogens is 1. The highest BCUT2D eigenvalue weighted by molar-refractivity contribution is 6.09. The lowest BCUT2D eigenvalue weighted by Crippen LogP contribution is -2.42. The second-order valence-corrected chi connectivity index (χ2v) is 15.6. The number of aliphatic carboxylic acids is 1. The van der Waals surface area contributed by atoms with Gasteiger partial charge in [0, 0.05) is 90.4 Å². The van der Waals surface area contributed by atoms with Crippen LogP contribution in [0.1, 0.15) is 60.0 Å². The molecule has 1 aliphatic heterocycles. The van der Waals surface area contributed by atoms with Crippen molar-refractivity contribution in [2.45, 2.75) is 46.2 Å². The number of fused-ring (bicyclic) bond motifs is 3. The van der Waals surface area contributed by atoms with Crippen LogP contribution in [-0.4, -0.2) is 98.7 Å². The number of hydrogen-bond donors (Lipinski definition) is 9. The molecule has 2 aromatic heterocycles. The third kappa shape index (κ3) is 11.6. The van der Waals surface area contributed by atoms with E-state index < -0.39 is 41.4 Å². The first-order chi connectivity index (χ1) is 33.2. The molecule has 356 valence electrons. The maximum atomic E-state index is 12.9. The summed E-state index contributed by atoms with van der Waals surface area (Å²) < 4.78 is 6.43. The van der Waals surface area contributed by atoms with Gasteiger partial charge in [0.15, 0.2) is 11.2 Å². The fourth-order valence-corrected chi connectivity index (χ4v) is 7.65. The number of anilines is 4. The lowest BCUT2D eigenvalue weighted by Gasteiger charge is -2.22. The van der Waals surface area contributed by atoms with Crippen LogP contribution in [0.4, 0.5) is 27.8 Å². The maximum absolute atomic E-state index is 12.9. The van der Waals surface area contributed by atoms with Gasteiger partial charge >= 0.3 is 18.0 Å². The second kappa shape index (κ2) is 21.6. The number of rotatable bonds is 19. The molecule has 4 amide bonds. The number of nitrogen functional groups attached to an aromatic ring is 1. The van der Waals surface area contributed by atoms with Gasteiger partial charge in [0.2, 0.25) is 11.9 Å². The number of amides is 4. The molecule has 0 bridgehead atoms. The third-order valence-electron chi connectivity index (χ3n) is 11.0. The van der Waals surface area contributed by atoms with Crippen molar-refractivity contribution in [1.29, 1.82) is 0 Å². The number of hydrogen-bond acceptors (Lipinski definition) is 14. The lowest BCUT2D eigenvalue weighted by atomic mass is 9.90. The van der Waals surface area contributed by atoms with Gasteiger partial charge in [0.05, 0.1) is 29.4 Å². The van der Waals surface area contributed by atoms with Crippen molar-refractivity contribution in [2.75, 3.05) is 54.0 Å². The molecular formula is C48H50N12O9. The number of carboxylic acid groups (broad SMARTS) is 2. The zero-order chi connectivity index (χ0) is 49.2. The zero-order valence-corrected chi connectivity index (χ0v) is 37.9. The van der Waals surface area contributed by atoms with Gasteiger partial charge in [0.1, 0.15) is 17.4 Å². The van der Waals surface area contributed by atoms with Crippen molar-refractivity contribution in [3.8, 4) is 22.5 Å². The van der Waals surface area contributed by atoms with Gasteiger partial charge in [-0.2, -0.15) is 4.98 Å². The zero-order valence-electron chi connectivity index (χ0n) is 37.9. The largest absolute Gasteiger partial charge is 0.480 e. The van der Waals surface area contributed by atoms with E-state index in [2.05, 4.69) is 70.3 Å². The molecule has 0 radical (unpaired) electrons. The smallest absolute Gasteiger partial charge is 0.336 e. The summed E-state index contributed by atoms with van der Waals surface area (Å²) in [7, 11) is 0. The number of urea groups is 1. The monoisotopic (exact) mass is 938 g/mol. The third-order valence-corrected chi connectivity index (χ3v) is 11.0. The van der Waals surface area contributed by atoms with Crippen LogP contribution in [0.25, 0.3) is 44.6 Å². The number of carbonyl (C=O) groups is 5. The number of carbonyl (C=O) groups excluding carboxylic acids is 3. The van der Waals surface area contributed by atoms with Crippen molar-refractivity contribution >= 4 is 74.9 Å². The standard InChI is InChI=1S/C48H50N12O9/c1-4-50-28-11-15-33-37(22-28)69-38-23-31(60(5-2)6-3)13-16-34(38)40(33)32-14-12-29(21-35(32)45(64)65)56-48(68)52-20-19-51-39(61)18-17-36(46(66)67)57-43(62)26-7-9-27(10-8-26)53-24-30-25-54-42-41(55-30)44(63)59-47(49)58-42/h7-16,21-23,25,36,53H,4-6,17-20,24H2,1-3H3,(H,51,61)(H,57,62)(H,64,65)(H,66,67)(H2,52,56,68)(H3,49,54,58,59,63)/t36-/m0/s1. The molecule has 0 spiro atoms. The molecule has 3 heterocycles. The summed E-state index contributed by atoms with van der Waals surface area (Å²) in [5.74, 6) is -3.25. The minimum atomic E-state index is -1.37. The number of nitrogens with two attached hydrogens (primary N) is 1. The molecule has 0 saturated heterocycles. The molecule has 10 N–H and O–H groups in total. The SMILES string of the molecule is CCN=c1ccc2c(-c3ccc(NC(=O)NCCNC(=O)CC[C@H](NC(=O)c4ccc(NCc5cnc6nc(N)[nH]c(=O)c6n5)cc4)C(=O)O)cc3C(=O)O)c3ccc(N(CC)CC)cc3oc-2c1. The fourth-order valence-electron chi connectivity index (χ4n) is 7.65. The Labute approximate surface area is 393 Å². The average Bonchev–Trinajstić information content (AvgIpc) is 3.33. The number of benzene rings is 4. The topological polar surface area (TPSA) is 312 Å². The molecule has 0 saturated carbocycles. The van der Waals surface area contributed by atoms with E-state index in [-0.39, 0.29) is 66.4 Å². The summed E-state index contributed by atoms with van der Waals surface area (Å²) >= 11 is 0. The molecule has 3 aromatic carbocycles. The van der Waals surface area contributed by atoms with Gasteiger partial charge in [-0.15, -0.1) is 0 Å². The van der Waals surface area contributed by atoms with Crippen LogP contribution >= 0.6 is 0 Å². The van der Waals surface area contributed by atoms with Crippen molar-refractivity contribution in [1.82, 2.24) is 35.9 Å². The Balaban J connectivity index is 0.908. The quantitative estimate of drug-likeness (QED) is 0.0389. The second-order valence-electron chi connectivity index (χ2n) is 15.6. The first kappa shape index (κ1) is 48.1. The van der Waals surface area contributed by atoms with Gasteiger partial charge in [-0.05, 0) is 93.4 Å². The molecule has 0 unspecified atom stereocenters. The first-order valence-corrected chi connectivity index (χ1v) is 22.1. The van der Waals surface area contributed by atoms with Gasteiger partial charge in [-0.3, -0.25) is 24.4 Å². The van der Waals surface area contributed by atoms with E-state index in [1.165, 1.54) is 24.4 Å². The first-order valence-electron chi connectivity index (χ1n) is 22.1. The van der Waals surface area contributed by atoms with E-state index in [1.54, 1.807) is 24.3 Å². The van der Waals surface area contributed by atoms with Crippen LogP contribution in [0.3, 0.4) is 0 Å². The van der Waals surface area contributed by atoms with Gasteiger partial charge < -0.3 is 51.8 Å². The van der Waals surface area contributed by atoms with E-state index in [0.717, 1.165) is 24.1 Å². The molecule has 7 rings (SSSR count). The van der Waals surface area contributed by atoms with Crippen LogP contribution in [-0.2, 0) is 16.1 Å². The van der Waals surface area contributed by atoms with Gasteiger partial charge in [-0.1, -0.05) is 6.07 Å². The summed E-state index contributed by atoms with van der Waals surface area (Å²) in [4.78, 5) is 96.8. The molecular weight excluding hydrogens is 889 g/mol. The fraction of sp³-hybridized carbons (Fsp3) is 0.250. The van der Waals surface area contributed by atoms with E-state index in [1.807, 2.05) is 43.3 Å². The molecule has 2 aliphatic rings. The number of aromatic carboxylic acids is 1. The Kier molecular flexibility index (Phi) is 15.1. The Hall–Kier alpha value is -8.88. The van der Waals surface area contributed by atoms with E-state index in [9.17, 15) is 39.0 Å². The maximum Gasteiger partial charge on any atom is 0.336 e. The van der Waals surface area contributed by atoms with Crippen LogP contribution in [0.15, 0.2) is 99.3 Å². The summed E-state index contributed by atoms with van der Waals surface area (Å²) in [6.07, 6.45) is 0.993. The Morgan fingerprint density at radius 2 is 1.61 bits per heavy atom. The summed E-state index contributed by atoms with van der Waals surface area (Å²) in [5.41, 5.74) is 9.84. The normalized spacial score (nSPS) is 11.8. The summed E-state index contributed by atoms with van der Waals surface area (Å²) in [5, 5.41) is 35.1. The molecule has 69 heavy (non-hydrogen) atoms. The van der Waals surface area contributed by atoms with Crippen LogP contribution in [0, 0.1) is 0 Å². The van der Waals surface area contributed by atoms with Crippen molar-refractivity contribution in [3.05, 3.63) is 118 Å². The number of carboxylic acids is 2. The van der Waals surface area contributed by atoms with E-state index in [0.29, 0.717) is 51.3 Å². The van der Waals surface area contributed by atoms with Gasteiger partial charge in [-0.25, -0.2) is 24.4 Å². The van der Waals surface area contributed by atoms with Gasteiger partial charge in [0.25, 0.3) is 11.5 Å². The minimum Gasteiger partial charge on any atom is -0.480 e. The van der Waals surface area contributed by atoms with Crippen LogP contribution in [0.2, 0.25) is 0 Å². The molecule has 0 fully saturated rings. The highest BCUT2D eigenvalue weighted by Gasteiger charge is 2.24. The highest BCUT2D eigenvalue weighted by atomic mass is 16.4. The molecule has 1 atom stereocenters. The average molecular weight is 939 g/mol. The molecule has 5 aromatic rings. The van der Waals surface area contributed by atoms with Crippen molar-refractivity contribution in [3.63, 3.8) is 0 Å². The van der Waals surface area contributed by atoms with Crippen LogP contribution < -0.4 is 48.1 Å². The Morgan fingerprint density at radius 3 is 2.33 bits per heavy atom. The summed E-state index contributed by atoms with van der Waals surface area (Å²) in [6.45, 7) is 8.38. The van der Waals surface area contributed by atoms with Crippen molar-refractivity contribution < 1.29 is 38.6 Å². The molecule has 1 aliphatic carbocycles. The number of aromatic amines is 1. The number of nitrogens with zero attached hydrogens (tertiary/aromatic N) is 5. The Bertz CT molecular complexity index is 3170. The molecule has 21 nitrogen and oxygen atoms in total. The number of aromatic nitrogens is 4. The lowest BCUT2D eigenvalue weighted by molar-refractivity contribution is -0.139.